The number of hydrogen-bond donors (Lipinski definition) is 1. The molecule has 1 N–H and O–H groups in total. The zero-order valence-corrected chi connectivity index (χ0v) is 17.2. The van der Waals surface area contributed by atoms with Crippen LogP contribution in [0.1, 0.15) is 38.8 Å². The Bertz CT molecular complexity index is 698. The molecule has 0 aliphatic rings. The van der Waals surface area contributed by atoms with Crippen LogP contribution in [0.2, 0.25) is 0 Å². The van der Waals surface area contributed by atoms with Gasteiger partial charge in [0.05, 0.1) is 13.2 Å². The Labute approximate surface area is 164 Å². The Balaban J connectivity index is 2.05. The summed E-state index contributed by atoms with van der Waals surface area (Å²) in [6.45, 7) is 6.05. The maximum absolute atomic E-state index is 12.6. The SMILES string of the molecule is COc1ccc(C(CC(C)C)NC(=O)C(C)Oc2ccc(Br)cc2)cc1. The van der Waals surface area contributed by atoms with E-state index in [9.17, 15) is 4.79 Å². The molecule has 26 heavy (non-hydrogen) atoms. The summed E-state index contributed by atoms with van der Waals surface area (Å²) in [6.07, 6.45) is 0.271. The van der Waals surface area contributed by atoms with Crippen LogP contribution in [0, 0.1) is 5.92 Å². The number of benzene rings is 2. The second kappa shape index (κ2) is 9.62. The van der Waals surface area contributed by atoms with Gasteiger partial charge in [0, 0.05) is 4.47 Å². The first-order valence-corrected chi connectivity index (χ1v) is 9.55. The standard InChI is InChI=1S/C21H26BrNO3/c1-14(2)13-20(16-5-9-18(25-4)10-6-16)23-21(24)15(3)26-19-11-7-17(22)8-12-19/h5-12,14-15,20H,13H2,1-4H3,(H,23,24). The van der Waals surface area contributed by atoms with E-state index in [0.29, 0.717) is 11.7 Å². The van der Waals surface area contributed by atoms with Gasteiger partial charge >= 0.3 is 0 Å². The molecule has 2 atom stereocenters. The van der Waals surface area contributed by atoms with Gasteiger partial charge in [-0.3, -0.25) is 4.79 Å². The molecule has 0 saturated carbocycles. The van der Waals surface area contributed by atoms with E-state index < -0.39 is 6.10 Å². The third kappa shape index (κ3) is 6.06. The van der Waals surface area contributed by atoms with Gasteiger partial charge in [0.2, 0.25) is 0 Å². The molecule has 2 aromatic rings. The number of halogens is 1. The van der Waals surface area contributed by atoms with E-state index in [1.807, 2.05) is 48.5 Å². The van der Waals surface area contributed by atoms with Crippen molar-refractivity contribution in [3.8, 4) is 11.5 Å². The minimum atomic E-state index is -0.580. The number of nitrogens with one attached hydrogen (secondary N) is 1. The average Bonchev–Trinajstić information content (AvgIpc) is 2.62. The number of hydrogen-bond acceptors (Lipinski definition) is 3. The lowest BCUT2D eigenvalue weighted by atomic mass is 9.96. The van der Waals surface area contributed by atoms with Crippen molar-refractivity contribution in [2.75, 3.05) is 7.11 Å². The molecular formula is C21H26BrNO3. The number of methoxy groups -OCH3 is 1. The Morgan fingerprint density at radius 1 is 1.00 bits per heavy atom. The minimum absolute atomic E-state index is 0.0654. The molecule has 2 unspecified atom stereocenters. The maximum Gasteiger partial charge on any atom is 0.261 e. The highest BCUT2D eigenvalue weighted by atomic mass is 79.9. The summed E-state index contributed by atoms with van der Waals surface area (Å²) in [5.41, 5.74) is 1.06. The van der Waals surface area contributed by atoms with E-state index in [1.165, 1.54) is 0 Å². The second-order valence-corrected chi connectivity index (χ2v) is 7.59. The van der Waals surface area contributed by atoms with Crippen LogP contribution in [0.5, 0.6) is 11.5 Å². The highest BCUT2D eigenvalue weighted by Crippen LogP contribution is 2.24. The predicted molar refractivity (Wildman–Crippen MR) is 108 cm³/mol. The Hall–Kier alpha value is -2.01. The van der Waals surface area contributed by atoms with E-state index in [-0.39, 0.29) is 11.9 Å². The molecule has 0 aromatic heterocycles. The highest BCUT2D eigenvalue weighted by molar-refractivity contribution is 9.10. The lowest BCUT2D eigenvalue weighted by molar-refractivity contribution is -0.128. The predicted octanol–water partition coefficient (Wildman–Crippen LogP) is 5.13. The third-order valence-electron chi connectivity index (χ3n) is 4.04. The van der Waals surface area contributed by atoms with Crippen molar-refractivity contribution in [2.45, 2.75) is 39.3 Å². The number of carbonyl (C=O) groups is 1. The fraction of sp³-hybridized carbons (Fsp3) is 0.381. The molecule has 0 aliphatic heterocycles. The van der Waals surface area contributed by atoms with Crippen molar-refractivity contribution in [3.63, 3.8) is 0 Å². The Morgan fingerprint density at radius 2 is 1.58 bits per heavy atom. The van der Waals surface area contributed by atoms with Gasteiger partial charge in [-0.25, -0.2) is 0 Å². The molecule has 0 aliphatic carbocycles. The number of rotatable bonds is 8. The molecular weight excluding hydrogens is 394 g/mol. The Morgan fingerprint density at radius 3 is 2.12 bits per heavy atom. The first-order chi connectivity index (χ1) is 12.4. The fourth-order valence-electron chi connectivity index (χ4n) is 2.65. The molecule has 2 aromatic carbocycles. The first kappa shape index (κ1) is 20.3. The molecule has 0 heterocycles. The van der Waals surface area contributed by atoms with Gasteiger partial charge in [0.25, 0.3) is 5.91 Å². The Kier molecular flexibility index (Phi) is 7.51. The molecule has 0 spiro atoms. The number of ether oxygens (including phenoxy) is 2. The molecule has 0 saturated heterocycles. The van der Waals surface area contributed by atoms with Crippen LogP contribution in [0.3, 0.4) is 0 Å². The second-order valence-electron chi connectivity index (χ2n) is 6.68. The van der Waals surface area contributed by atoms with Crippen molar-refractivity contribution >= 4 is 21.8 Å². The molecule has 4 nitrogen and oxygen atoms in total. The van der Waals surface area contributed by atoms with Crippen molar-refractivity contribution < 1.29 is 14.3 Å². The van der Waals surface area contributed by atoms with Gasteiger partial charge in [0.15, 0.2) is 6.10 Å². The van der Waals surface area contributed by atoms with Crippen LogP contribution >= 0.6 is 15.9 Å². The van der Waals surface area contributed by atoms with Crippen LogP contribution in [0.25, 0.3) is 0 Å². The largest absolute Gasteiger partial charge is 0.497 e. The van der Waals surface area contributed by atoms with E-state index in [1.54, 1.807) is 14.0 Å². The molecule has 2 rings (SSSR count). The van der Waals surface area contributed by atoms with E-state index in [2.05, 4.69) is 35.1 Å². The molecule has 140 valence electrons. The number of amides is 1. The summed E-state index contributed by atoms with van der Waals surface area (Å²) in [6, 6.07) is 15.2. The quantitative estimate of drug-likeness (QED) is 0.644. The van der Waals surface area contributed by atoms with Gasteiger partial charge in [-0.15, -0.1) is 0 Å². The van der Waals surface area contributed by atoms with Crippen LogP contribution in [-0.2, 0) is 4.79 Å². The van der Waals surface area contributed by atoms with Gasteiger partial charge in [-0.2, -0.15) is 0 Å². The van der Waals surface area contributed by atoms with E-state index >= 15 is 0 Å². The van der Waals surface area contributed by atoms with Crippen molar-refractivity contribution in [3.05, 3.63) is 58.6 Å². The van der Waals surface area contributed by atoms with Crippen LogP contribution in [-0.4, -0.2) is 19.1 Å². The van der Waals surface area contributed by atoms with E-state index in [0.717, 1.165) is 22.2 Å². The van der Waals surface area contributed by atoms with Crippen LogP contribution < -0.4 is 14.8 Å². The summed E-state index contributed by atoms with van der Waals surface area (Å²) < 4.78 is 11.9. The summed E-state index contributed by atoms with van der Waals surface area (Å²) in [7, 11) is 1.64. The molecule has 0 fully saturated rings. The zero-order valence-electron chi connectivity index (χ0n) is 15.7. The molecule has 1 amide bonds. The minimum Gasteiger partial charge on any atom is -0.497 e. The highest BCUT2D eigenvalue weighted by Gasteiger charge is 2.21. The molecule has 0 radical (unpaired) electrons. The summed E-state index contributed by atoms with van der Waals surface area (Å²) in [5.74, 6) is 1.79. The van der Waals surface area contributed by atoms with Crippen molar-refractivity contribution in [1.29, 1.82) is 0 Å². The average molecular weight is 420 g/mol. The zero-order chi connectivity index (χ0) is 19.1. The van der Waals surface area contributed by atoms with Crippen LogP contribution in [0.15, 0.2) is 53.0 Å². The fourth-order valence-corrected chi connectivity index (χ4v) is 2.91. The first-order valence-electron chi connectivity index (χ1n) is 8.75. The van der Waals surface area contributed by atoms with Gasteiger partial charge in [-0.05, 0) is 61.2 Å². The van der Waals surface area contributed by atoms with Crippen molar-refractivity contribution in [1.82, 2.24) is 5.32 Å². The third-order valence-corrected chi connectivity index (χ3v) is 4.57. The van der Waals surface area contributed by atoms with Gasteiger partial charge in [0.1, 0.15) is 11.5 Å². The molecule has 0 bridgehead atoms. The summed E-state index contributed by atoms with van der Waals surface area (Å²) in [4.78, 5) is 12.6. The monoisotopic (exact) mass is 419 g/mol. The maximum atomic E-state index is 12.6. The van der Waals surface area contributed by atoms with Gasteiger partial charge < -0.3 is 14.8 Å². The van der Waals surface area contributed by atoms with Crippen molar-refractivity contribution in [2.24, 2.45) is 5.92 Å². The lowest BCUT2D eigenvalue weighted by Gasteiger charge is -2.23. The summed E-state index contributed by atoms with van der Waals surface area (Å²) in [5, 5.41) is 3.12. The topological polar surface area (TPSA) is 47.6 Å². The normalized spacial score (nSPS) is 13.2. The number of carbonyl (C=O) groups excluding carboxylic acids is 1. The lowest BCUT2D eigenvalue weighted by Crippen LogP contribution is -2.39. The van der Waals surface area contributed by atoms with Crippen LogP contribution in [0.4, 0.5) is 0 Å². The van der Waals surface area contributed by atoms with Gasteiger partial charge in [-0.1, -0.05) is 41.9 Å². The molecule has 5 heteroatoms. The van der Waals surface area contributed by atoms with E-state index in [4.69, 9.17) is 9.47 Å². The summed E-state index contributed by atoms with van der Waals surface area (Å²) >= 11 is 3.39. The smallest absolute Gasteiger partial charge is 0.261 e.